The topological polar surface area (TPSA) is 93.9 Å². The quantitative estimate of drug-likeness (QED) is 0.714. The molecule has 0 unspecified atom stereocenters. The first-order valence-corrected chi connectivity index (χ1v) is 4.91. The van der Waals surface area contributed by atoms with Crippen LogP contribution in [-0.2, 0) is 4.74 Å². The van der Waals surface area contributed by atoms with Gasteiger partial charge < -0.3 is 10.5 Å². The van der Waals surface area contributed by atoms with Crippen molar-refractivity contribution in [3.63, 3.8) is 0 Å². The van der Waals surface area contributed by atoms with E-state index in [0.29, 0.717) is 12.4 Å². The monoisotopic (exact) mass is 212 g/mol. The minimum absolute atomic E-state index is 0.0305. The number of carbonyl (C=O) groups excluding carboxylic acids is 1. The predicted molar refractivity (Wildman–Crippen MR) is 54.1 cm³/mol. The van der Waals surface area contributed by atoms with Gasteiger partial charge in [0.2, 0.25) is 0 Å². The number of nitrogens with zero attached hydrogens (tertiary/aromatic N) is 2. The van der Waals surface area contributed by atoms with Gasteiger partial charge in [-0.25, -0.2) is 9.78 Å². The molecule has 15 heavy (non-hydrogen) atoms. The minimum Gasteiger partial charge on any atom is -0.460 e. The van der Waals surface area contributed by atoms with Gasteiger partial charge in [0.1, 0.15) is 5.82 Å². The highest BCUT2D eigenvalue weighted by Crippen LogP contribution is 2.14. The maximum absolute atomic E-state index is 11.2. The Balaban J connectivity index is 2.76. The van der Waals surface area contributed by atoms with Gasteiger partial charge in [0.25, 0.3) is 5.82 Å². The van der Waals surface area contributed by atoms with Gasteiger partial charge in [-0.05, 0) is 12.8 Å². The lowest BCUT2D eigenvalue weighted by Crippen LogP contribution is -2.18. The Hall–Kier alpha value is -1.43. The molecule has 0 spiro atoms. The minimum atomic E-state index is -0.532. The first-order chi connectivity index (χ1) is 7.06. The summed E-state index contributed by atoms with van der Waals surface area (Å²) in [6, 6.07) is -0.249. The Morgan fingerprint density at radius 1 is 1.60 bits per heavy atom. The zero-order valence-corrected chi connectivity index (χ0v) is 9.15. The SMILES string of the molecule is CCOC(=O)c1n[nH]c([C@H](N)C(C)C)n1. The molecule has 0 aliphatic heterocycles. The van der Waals surface area contributed by atoms with Gasteiger partial charge in [0.15, 0.2) is 0 Å². The molecule has 0 aliphatic rings. The van der Waals surface area contributed by atoms with Crippen LogP contribution in [0.15, 0.2) is 0 Å². The van der Waals surface area contributed by atoms with Gasteiger partial charge in [-0.15, -0.1) is 5.10 Å². The van der Waals surface area contributed by atoms with E-state index in [-0.39, 0.29) is 17.8 Å². The number of carbonyl (C=O) groups is 1. The van der Waals surface area contributed by atoms with Crippen molar-refractivity contribution in [3.05, 3.63) is 11.6 Å². The highest BCUT2D eigenvalue weighted by Gasteiger charge is 2.18. The van der Waals surface area contributed by atoms with Crippen LogP contribution in [0.25, 0.3) is 0 Å². The Kier molecular flexibility index (Phi) is 3.79. The summed E-state index contributed by atoms with van der Waals surface area (Å²) in [6.07, 6.45) is 0. The van der Waals surface area contributed by atoms with Gasteiger partial charge in [0, 0.05) is 0 Å². The molecule has 0 bridgehead atoms. The maximum atomic E-state index is 11.2. The first kappa shape index (κ1) is 11.6. The average molecular weight is 212 g/mol. The van der Waals surface area contributed by atoms with E-state index in [0.717, 1.165) is 0 Å². The lowest BCUT2D eigenvalue weighted by atomic mass is 10.1. The smallest absolute Gasteiger partial charge is 0.378 e. The normalized spacial score (nSPS) is 12.9. The zero-order valence-electron chi connectivity index (χ0n) is 9.15. The summed E-state index contributed by atoms with van der Waals surface area (Å²) in [6.45, 7) is 5.97. The molecule has 0 saturated heterocycles. The molecule has 1 aromatic heterocycles. The van der Waals surface area contributed by atoms with E-state index in [1.165, 1.54) is 0 Å². The lowest BCUT2D eigenvalue weighted by Gasteiger charge is -2.10. The van der Waals surface area contributed by atoms with Crippen LogP contribution in [-0.4, -0.2) is 27.8 Å². The van der Waals surface area contributed by atoms with Crippen molar-refractivity contribution in [3.8, 4) is 0 Å². The summed E-state index contributed by atoms with van der Waals surface area (Å²) >= 11 is 0. The van der Waals surface area contributed by atoms with E-state index < -0.39 is 5.97 Å². The molecule has 0 aliphatic carbocycles. The molecule has 6 heteroatoms. The fourth-order valence-corrected chi connectivity index (χ4v) is 1.03. The van der Waals surface area contributed by atoms with Crippen LogP contribution in [0.1, 0.15) is 43.3 Å². The van der Waals surface area contributed by atoms with E-state index in [4.69, 9.17) is 10.5 Å². The van der Waals surface area contributed by atoms with Crippen molar-refractivity contribution in [2.45, 2.75) is 26.8 Å². The van der Waals surface area contributed by atoms with E-state index in [1.54, 1.807) is 6.92 Å². The van der Waals surface area contributed by atoms with Crippen LogP contribution in [0, 0.1) is 5.92 Å². The van der Waals surface area contributed by atoms with Gasteiger partial charge in [-0.2, -0.15) is 0 Å². The largest absolute Gasteiger partial charge is 0.460 e. The van der Waals surface area contributed by atoms with Crippen molar-refractivity contribution in [1.82, 2.24) is 15.2 Å². The number of nitrogens with one attached hydrogen (secondary N) is 1. The van der Waals surface area contributed by atoms with Crippen LogP contribution in [0.5, 0.6) is 0 Å². The second-order valence-corrected chi connectivity index (χ2v) is 3.53. The molecule has 0 aromatic carbocycles. The van der Waals surface area contributed by atoms with Gasteiger partial charge in [-0.3, -0.25) is 5.10 Å². The third kappa shape index (κ3) is 2.76. The van der Waals surface area contributed by atoms with Gasteiger partial charge in [0.05, 0.1) is 12.6 Å². The summed E-state index contributed by atoms with van der Waals surface area (Å²) in [4.78, 5) is 15.2. The molecule has 1 rings (SSSR count). The number of esters is 1. The second kappa shape index (κ2) is 4.88. The lowest BCUT2D eigenvalue weighted by molar-refractivity contribution is 0.0512. The molecular formula is C9H16N4O2. The number of ether oxygens (including phenoxy) is 1. The van der Waals surface area contributed by atoms with E-state index in [9.17, 15) is 4.79 Å². The molecule has 0 radical (unpaired) electrons. The molecule has 0 fully saturated rings. The summed E-state index contributed by atoms with van der Waals surface area (Å²) in [5.41, 5.74) is 5.84. The zero-order chi connectivity index (χ0) is 11.4. The number of nitrogens with two attached hydrogens (primary N) is 1. The number of aromatic amines is 1. The molecular weight excluding hydrogens is 196 g/mol. The molecule has 1 heterocycles. The number of H-pyrrole nitrogens is 1. The maximum Gasteiger partial charge on any atom is 0.378 e. The number of rotatable bonds is 4. The standard InChI is InChI=1S/C9H16N4O2/c1-4-15-9(14)8-11-7(12-13-8)6(10)5(2)3/h5-6H,4,10H2,1-3H3,(H,11,12,13)/t6-/m1/s1. The van der Waals surface area contributed by atoms with E-state index in [1.807, 2.05) is 13.8 Å². The van der Waals surface area contributed by atoms with Crippen LogP contribution >= 0.6 is 0 Å². The fraction of sp³-hybridized carbons (Fsp3) is 0.667. The van der Waals surface area contributed by atoms with Crippen molar-refractivity contribution < 1.29 is 9.53 Å². The first-order valence-electron chi connectivity index (χ1n) is 4.91. The van der Waals surface area contributed by atoms with Crippen LogP contribution < -0.4 is 5.73 Å². The summed E-state index contributed by atoms with van der Waals surface area (Å²) in [5.74, 6) is 0.236. The highest BCUT2D eigenvalue weighted by atomic mass is 16.5. The molecule has 0 amide bonds. The molecule has 3 N–H and O–H groups in total. The van der Waals surface area contributed by atoms with Crippen LogP contribution in [0.3, 0.4) is 0 Å². The Morgan fingerprint density at radius 2 is 2.27 bits per heavy atom. The molecule has 6 nitrogen and oxygen atoms in total. The second-order valence-electron chi connectivity index (χ2n) is 3.53. The Morgan fingerprint density at radius 3 is 2.80 bits per heavy atom. The average Bonchev–Trinajstić information content (AvgIpc) is 2.65. The third-order valence-corrected chi connectivity index (χ3v) is 1.99. The van der Waals surface area contributed by atoms with Crippen LogP contribution in [0.2, 0.25) is 0 Å². The fourth-order valence-electron chi connectivity index (χ4n) is 1.03. The predicted octanol–water partition coefficient (Wildman–Crippen LogP) is 0.637. The van der Waals surface area contributed by atoms with Crippen molar-refractivity contribution in [2.75, 3.05) is 6.61 Å². The Labute approximate surface area is 88.2 Å². The molecule has 84 valence electrons. The summed E-state index contributed by atoms with van der Waals surface area (Å²) < 4.78 is 4.76. The molecule has 0 saturated carbocycles. The van der Waals surface area contributed by atoms with Crippen molar-refractivity contribution in [2.24, 2.45) is 11.7 Å². The highest BCUT2D eigenvalue weighted by molar-refractivity contribution is 5.84. The van der Waals surface area contributed by atoms with Crippen molar-refractivity contribution in [1.29, 1.82) is 0 Å². The van der Waals surface area contributed by atoms with Gasteiger partial charge >= 0.3 is 5.97 Å². The molecule has 1 aromatic rings. The van der Waals surface area contributed by atoms with E-state index in [2.05, 4.69) is 15.2 Å². The summed E-state index contributed by atoms with van der Waals surface area (Å²) in [7, 11) is 0. The van der Waals surface area contributed by atoms with Crippen LogP contribution in [0.4, 0.5) is 0 Å². The van der Waals surface area contributed by atoms with Crippen molar-refractivity contribution >= 4 is 5.97 Å². The third-order valence-electron chi connectivity index (χ3n) is 1.99. The summed E-state index contributed by atoms with van der Waals surface area (Å²) in [5, 5.41) is 6.39. The van der Waals surface area contributed by atoms with Gasteiger partial charge in [-0.1, -0.05) is 13.8 Å². The Bertz CT molecular complexity index is 335. The number of hydrogen-bond acceptors (Lipinski definition) is 5. The number of hydrogen-bond donors (Lipinski definition) is 2. The van der Waals surface area contributed by atoms with E-state index >= 15 is 0 Å². The molecule has 1 atom stereocenters. The number of aromatic nitrogens is 3.